The molecule has 1 aliphatic heterocycles. The molecule has 1 aromatic heterocycles. The number of anilines is 1. The quantitative estimate of drug-likeness (QED) is 0.854. The second-order valence-corrected chi connectivity index (χ2v) is 5.78. The molecule has 100 valence electrons. The first-order valence-corrected chi connectivity index (χ1v) is 6.55. The molecular weight excluding hydrogens is 238 g/mol. The van der Waals surface area contributed by atoms with E-state index in [1.54, 1.807) is 0 Å². The number of hydrogen-bond acceptors (Lipinski definition) is 3. The maximum Gasteiger partial charge on any atom is 0.125 e. The smallest absolute Gasteiger partial charge is 0.125 e. The summed E-state index contributed by atoms with van der Waals surface area (Å²) in [7, 11) is 0. The van der Waals surface area contributed by atoms with E-state index in [-0.39, 0.29) is 11.6 Å². The minimum absolute atomic E-state index is 0.133. The second kappa shape index (κ2) is 4.02. The van der Waals surface area contributed by atoms with E-state index in [1.165, 1.54) is 0 Å². The van der Waals surface area contributed by atoms with Gasteiger partial charge >= 0.3 is 0 Å². The Morgan fingerprint density at radius 2 is 2.11 bits per heavy atom. The number of fused-ring (bicyclic) bond motifs is 1. The molecule has 1 aromatic carbocycles. The van der Waals surface area contributed by atoms with E-state index in [0.717, 1.165) is 29.1 Å². The normalized spacial score (nSPS) is 20.7. The number of nitrogens with two attached hydrogens (primary N) is 1. The van der Waals surface area contributed by atoms with Crippen LogP contribution in [0, 0.1) is 6.92 Å². The highest BCUT2D eigenvalue weighted by Gasteiger charge is 2.35. The van der Waals surface area contributed by atoms with Gasteiger partial charge in [-0.1, -0.05) is 18.2 Å². The van der Waals surface area contributed by atoms with Crippen molar-refractivity contribution in [2.24, 2.45) is 0 Å². The molecule has 0 fully saturated rings. The zero-order valence-corrected chi connectivity index (χ0v) is 11.6. The van der Waals surface area contributed by atoms with E-state index in [1.807, 2.05) is 36.0 Å². The van der Waals surface area contributed by atoms with Crippen molar-refractivity contribution in [1.29, 1.82) is 0 Å². The fraction of sp³-hybridized carbons (Fsp3) is 0.400. The highest BCUT2D eigenvalue weighted by atomic mass is 16.5. The fourth-order valence-electron chi connectivity index (χ4n) is 2.69. The molecule has 0 bridgehead atoms. The van der Waals surface area contributed by atoms with Crippen LogP contribution in [0.2, 0.25) is 0 Å². The maximum atomic E-state index is 6.14. The van der Waals surface area contributed by atoms with E-state index < -0.39 is 0 Å². The predicted molar refractivity (Wildman–Crippen MR) is 75.3 cm³/mol. The van der Waals surface area contributed by atoms with Crippen molar-refractivity contribution in [2.75, 3.05) is 5.73 Å². The number of nitrogen functional groups attached to an aromatic ring is 1. The molecular formula is C15H19N3O. The topological polar surface area (TPSA) is 53.1 Å². The molecule has 4 nitrogen and oxygen atoms in total. The maximum absolute atomic E-state index is 6.14. The van der Waals surface area contributed by atoms with Crippen molar-refractivity contribution in [3.05, 3.63) is 41.6 Å². The molecule has 0 amide bonds. The Bertz CT molecular complexity index is 616. The summed E-state index contributed by atoms with van der Waals surface area (Å²) in [6, 6.07) is 8.25. The summed E-state index contributed by atoms with van der Waals surface area (Å²) in [4.78, 5) is 0. The molecule has 2 N–H and O–H groups in total. The summed E-state index contributed by atoms with van der Waals surface area (Å²) in [5.74, 6) is 1.66. The van der Waals surface area contributed by atoms with Gasteiger partial charge in [0, 0.05) is 17.5 Å². The molecule has 3 rings (SSSR count). The van der Waals surface area contributed by atoms with E-state index in [9.17, 15) is 0 Å². The predicted octanol–water partition coefficient (Wildman–Crippen LogP) is 2.92. The third-order valence-electron chi connectivity index (χ3n) is 3.67. The van der Waals surface area contributed by atoms with Crippen LogP contribution in [0.3, 0.4) is 0 Å². The van der Waals surface area contributed by atoms with Crippen LogP contribution in [0.4, 0.5) is 5.82 Å². The van der Waals surface area contributed by atoms with Crippen molar-refractivity contribution in [3.63, 3.8) is 0 Å². The number of benzene rings is 1. The van der Waals surface area contributed by atoms with Crippen LogP contribution in [-0.2, 0) is 0 Å². The monoisotopic (exact) mass is 257 g/mol. The summed E-state index contributed by atoms with van der Waals surface area (Å²) in [6.07, 6.45) is 2.68. The van der Waals surface area contributed by atoms with Crippen LogP contribution >= 0.6 is 0 Å². The van der Waals surface area contributed by atoms with Gasteiger partial charge in [0.1, 0.15) is 17.2 Å². The van der Waals surface area contributed by atoms with Crippen molar-refractivity contribution in [3.8, 4) is 5.75 Å². The minimum atomic E-state index is -0.217. The lowest BCUT2D eigenvalue weighted by Crippen LogP contribution is -2.37. The van der Waals surface area contributed by atoms with Gasteiger partial charge in [-0.2, -0.15) is 5.10 Å². The molecule has 2 aromatic rings. The first-order chi connectivity index (χ1) is 8.98. The van der Waals surface area contributed by atoms with E-state index in [0.29, 0.717) is 0 Å². The lowest BCUT2D eigenvalue weighted by molar-refractivity contribution is 0.0652. The van der Waals surface area contributed by atoms with Gasteiger partial charge in [-0.3, -0.25) is 0 Å². The van der Waals surface area contributed by atoms with Gasteiger partial charge in [0.15, 0.2) is 0 Å². The summed E-state index contributed by atoms with van der Waals surface area (Å²) in [5, 5.41) is 4.44. The summed E-state index contributed by atoms with van der Waals surface area (Å²) < 4.78 is 7.95. The highest BCUT2D eigenvalue weighted by molar-refractivity contribution is 5.43. The molecule has 1 unspecified atom stereocenters. The third kappa shape index (κ3) is 1.97. The second-order valence-electron chi connectivity index (χ2n) is 5.78. The average molecular weight is 257 g/mol. The number of nitrogens with zero attached hydrogens (tertiary/aromatic N) is 2. The van der Waals surface area contributed by atoms with E-state index >= 15 is 0 Å². The SMILES string of the molecule is Cc1cnn(C2CC(C)(C)Oc3ccccc32)c1N. The van der Waals surface area contributed by atoms with Crippen LogP contribution in [0.1, 0.15) is 37.4 Å². The molecule has 2 heterocycles. The Hall–Kier alpha value is -1.97. The molecule has 4 heteroatoms. The molecule has 19 heavy (non-hydrogen) atoms. The van der Waals surface area contributed by atoms with Crippen LogP contribution in [0.25, 0.3) is 0 Å². The highest BCUT2D eigenvalue weighted by Crippen LogP contribution is 2.42. The number of aromatic nitrogens is 2. The van der Waals surface area contributed by atoms with Crippen LogP contribution in [-0.4, -0.2) is 15.4 Å². The first-order valence-electron chi connectivity index (χ1n) is 6.55. The van der Waals surface area contributed by atoms with Gasteiger partial charge in [0.25, 0.3) is 0 Å². The lowest BCUT2D eigenvalue weighted by atomic mass is 9.90. The molecule has 0 aliphatic carbocycles. The molecule has 1 atom stereocenters. The number of para-hydroxylation sites is 1. The lowest BCUT2D eigenvalue weighted by Gasteiger charge is -2.37. The Balaban J connectivity index is 2.13. The van der Waals surface area contributed by atoms with Crippen molar-refractivity contribution in [1.82, 2.24) is 9.78 Å². The standard InChI is InChI=1S/C15H19N3O/c1-10-9-17-18(14(10)16)12-8-15(2,3)19-13-7-5-4-6-11(12)13/h4-7,9,12H,8,16H2,1-3H3. The van der Waals surface area contributed by atoms with Gasteiger partial charge < -0.3 is 10.5 Å². The third-order valence-corrected chi connectivity index (χ3v) is 3.67. The molecule has 1 aliphatic rings. The van der Waals surface area contributed by atoms with Gasteiger partial charge in [-0.05, 0) is 26.8 Å². The Morgan fingerprint density at radius 1 is 1.37 bits per heavy atom. The fourth-order valence-corrected chi connectivity index (χ4v) is 2.69. The van der Waals surface area contributed by atoms with Crippen molar-refractivity contribution >= 4 is 5.82 Å². The number of aryl methyl sites for hydroxylation is 1. The largest absolute Gasteiger partial charge is 0.487 e. The van der Waals surface area contributed by atoms with E-state index in [2.05, 4.69) is 25.0 Å². The average Bonchev–Trinajstić information content (AvgIpc) is 2.68. The molecule has 0 saturated carbocycles. The number of ether oxygens (including phenoxy) is 1. The minimum Gasteiger partial charge on any atom is -0.487 e. The number of rotatable bonds is 1. The van der Waals surface area contributed by atoms with Crippen LogP contribution in [0.5, 0.6) is 5.75 Å². The van der Waals surface area contributed by atoms with Crippen LogP contribution < -0.4 is 10.5 Å². The Labute approximate surface area is 113 Å². The van der Waals surface area contributed by atoms with Gasteiger partial charge in [0.2, 0.25) is 0 Å². The first kappa shape index (κ1) is 12.1. The van der Waals surface area contributed by atoms with Crippen molar-refractivity contribution < 1.29 is 4.74 Å². The van der Waals surface area contributed by atoms with Gasteiger partial charge in [-0.15, -0.1) is 0 Å². The molecule has 0 radical (unpaired) electrons. The molecule has 0 spiro atoms. The van der Waals surface area contributed by atoms with Gasteiger partial charge in [-0.25, -0.2) is 4.68 Å². The Morgan fingerprint density at radius 3 is 2.79 bits per heavy atom. The molecule has 0 saturated heterocycles. The zero-order valence-electron chi connectivity index (χ0n) is 11.6. The number of hydrogen-bond donors (Lipinski definition) is 1. The summed E-state index contributed by atoms with van der Waals surface area (Å²) in [5.41, 5.74) is 8.09. The van der Waals surface area contributed by atoms with Gasteiger partial charge in [0.05, 0.1) is 12.2 Å². The summed E-state index contributed by atoms with van der Waals surface area (Å²) >= 11 is 0. The Kier molecular flexibility index (Phi) is 2.55. The van der Waals surface area contributed by atoms with Crippen LogP contribution in [0.15, 0.2) is 30.5 Å². The zero-order chi connectivity index (χ0) is 13.6. The summed E-state index contributed by atoms with van der Waals surface area (Å²) in [6.45, 7) is 6.18. The van der Waals surface area contributed by atoms with Crippen molar-refractivity contribution in [2.45, 2.75) is 38.8 Å². The van der Waals surface area contributed by atoms with E-state index in [4.69, 9.17) is 10.5 Å².